The van der Waals surface area contributed by atoms with E-state index in [1.165, 1.54) is 0 Å². The predicted octanol–water partition coefficient (Wildman–Crippen LogP) is 4.14. The third kappa shape index (κ3) is 6.29. The minimum atomic E-state index is 0. The summed E-state index contributed by atoms with van der Waals surface area (Å²) in [5.41, 5.74) is 0.936. The maximum Gasteiger partial charge on any atom is 0.135 e. The van der Waals surface area contributed by atoms with E-state index in [4.69, 9.17) is 16.0 Å². The largest absolute Gasteiger partial charge is 0.460 e. The highest BCUT2D eigenvalue weighted by Crippen LogP contribution is 2.28. The van der Waals surface area contributed by atoms with Gasteiger partial charge in [-0.15, -0.1) is 24.8 Å². The lowest BCUT2D eigenvalue weighted by Gasteiger charge is -2.03. The Labute approximate surface area is 143 Å². The van der Waals surface area contributed by atoms with Crippen LogP contribution in [0.4, 0.5) is 0 Å². The Balaban J connectivity index is 0.00000200. The minimum Gasteiger partial charge on any atom is -0.460 e. The summed E-state index contributed by atoms with van der Waals surface area (Å²) in [6.45, 7) is 2.74. The Morgan fingerprint density at radius 1 is 1.05 bits per heavy atom. The zero-order chi connectivity index (χ0) is 13.5. The van der Waals surface area contributed by atoms with Gasteiger partial charge in [-0.25, -0.2) is 0 Å². The minimum absolute atomic E-state index is 0. The van der Waals surface area contributed by atoms with Crippen molar-refractivity contribution in [3.63, 3.8) is 0 Å². The lowest BCUT2D eigenvalue weighted by atomic mass is 10.2. The second-order valence-electron chi connectivity index (χ2n) is 4.38. The van der Waals surface area contributed by atoms with E-state index in [1.54, 1.807) is 0 Å². The van der Waals surface area contributed by atoms with Crippen LogP contribution in [-0.2, 0) is 6.54 Å². The molecule has 0 radical (unpaired) electrons. The van der Waals surface area contributed by atoms with E-state index in [-0.39, 0.29) is 24.8 Å². The lowest BCUT2D eigenvalue weighted by molar-refractivity contribution is 0.490. The first kappa shape index (κ1) is 20.3. The van der Waals surface area contributed by atoms with Crippen LogP contribution in [0.1, 0.15) is 12.2 Å². The summed E-state index contributed by atoms with van der Waals surface area (Å²) in [6.07, 6.45) is 1.11. The molecular weight excluding hydrogens is 331 g/mol. The van der Waals surface area contributed by atoms with Crippen molar-refractivity contribution in [2.24, 2.45) is 0 Å². The van der Waals surface area contributed by atoms with E-state index in [1.807, 2.05) is 43.4 Å². The summed E-state index contributed by atoms with van der Waals surface area (Å²) in [5.74, 6) is 1.75. The van der Waals surface area contributed by atoms with Crippen LogP contribution in [0.25, 0.3) is 11.3 Å². The van der Waals surface area contributed by atoms with Gasteiger partial charge in [0.1, 0.15) is 11.5 Å². The molecule has 1 heterocycles. The number of benzene rings is 1. The molecule has 0 bridgehead atoms. The van der Waals surface area contributed by atoms with Gasteiger partial charge in [0, 0.05) is 5.56 Å². The molecule has 2 aromatic rings. The fourth-order valence-electron chi connectivity index (χ4n) is 1.88. The van der Waals surface area contributed by atoms with E-state index in [0.29, 0.717) is 5.02 Å². The first-order valence-corrected chi connectivity index (χ1v) is 6.88. The van der Waals surface area contributed by atoms with Gasteiger partial charge in [0.15, 0.2) is 0 Å². The van der Waals surface area contributed by atoms with Crippen LogP contribution in [0.3, 0.4) is 0 Å². The second-order valence-corrected chi connectivity index (χ2v) is 4.79. The molecule has 0 saturated carbocycles. The van der Waals surface area contributed by atoms with Gasteiger partial charge in [0.05, 0.1) is 11.6 Å². The second kappa shape index (κ2) is 10.9. The van der Waals surface area contributed by atoms with E-state index < -0.39 is 0 Å². The van der Waals surface area contributed by atoms with Gasteiger partial charge in [-0.3, -0.25) is 0 Å². The number of hydrogen-bond acceptors (Lipinski definition) is 3. The van der Waals surface area contributed by atoms with E-state index in [9.17, 15) is 0 Å². The zero-order valence-corrected chi connectivity index (χ0v) is 14.3. The van der Waals surface area contributed by atoms with Crippen molar-refractivity contribution in [3.8, 4) is 11.3 Å². The zero-order valence-electron chi connectivity index (χ0n) is 11.9. The van der Waals surface area contributed by atoms with Crippen LogP contribution in [-0.4, -0.2) is 20.1 Å². The quantitative estimate of drug-likeness (QED) is 0.736. The first-order valence-electron chi connectivity index (χ1n) is 6.50. The molecule has 3 nitrogen and oxygen atoms in total. The summed E-state index contributed by atoms with van der Waals surface area (Å²) in [5, 5.41) is 7.18. The lowest BCUT2D eigenvalue weighted by Crippen LogP contribution is -2.19. The third-order valence-electron chi connectivity index (χ3n) is 2.88. The smallest absolute Gasteiger partial charge is 0.135 e. The summed E-state index contributed by atoms with van der Waals surface area (Å²) < 4.78 is 5.79. The molecule has 0 aliphatic rings. The highest BCUT2D eigenvalue weighted by Gasteiger charge is 2.07. The van der Waals surface area contributed by atoms with Crippen LogP contribution in [0, 0.1) is 0 Å². The molecule has 118 valence electrons. The summed E-state index contributed by atoms with van der Waals surface area (Å²) in [7, 11) is 1.96. The fraction of sp³-hybridized carbons (Fsp3) is 0.333. The highest BCUT2D eigenvalue weighted by atomic mass is 35.5. The average Bonchev–Trinajstić information content (AvgIpc) is 2.88. The molecule has 0 fully saturated rings. The molecule has 6 heteroatoms. The van der Waals surface area contributed by atoms with Crippen molar-refractivity contribution in [3.05, 3.63) is 47.2 Å². The molecule has 0 aliphatic carbocycles. The summed E-state index contributed by atoms with van der Waals surface area (Å²) in [6, 6.07) is 11.7. The monoisotopic (exact) mass is 350 g/mol. The molecule has 1 aromatic carbocycles. The van der Waals surface area contributed by atoms with E-state index in [0.717, 1.165) is 43.1 Å². The number of nitrogens with one attached hydrogen (secondary N) is 2. The van der Waals surface area contributed by atoms with Crippen molar-refractivity contribution in [1.29, 1.82) is 0 Å². The maximum atomic E-state index is 6.15. The van der Waals surface area contributed by atoms with Gasteiger partial charge >= 0.3 is 0 Å². The molecule has 2 rings (SSSR count). The van der Waals surface area contributed by atoms with Gasteiger partial charge in [-0.05, 0) is 50.8 Å². The van der Waals surface area contributed by atoms with Crippen LogP contribution in [0.2, 0.25) is 5.02 Å². The summed E-state index contributed by atoms with van der Waals surface area (Å²) >= 11 is 6.15. The average molecular weight is 352 g/mol. The number of furan rings is 1. The third-order valence-corrected chi connectivity index (χ3v) is 3.21. The number of halogens is 3. The van der Waals surface area contributed by atoms with Gasteiger partial charge < -0.3 is 15.1 Å². The van der Waals surface area contributed by atoms with Crippen molar-refractivity contribution >= 4 is 36.4 Å². The molecule has 0 amide bonds. The number of rotatable bonds is 7. The van der Waals surface area contributed by atoms with Crippen LogP contribution in [0.5, 0.6) is 0 Å². The van der Waals surface area contributed by atoms with Gasteiger partial charge in [-0.2, -0.15) is 0 Å². The van der Waals surface area contributed by atoms with Gasteiger partial charge in [0.25, 0.3) is 0 Å². The molecule has 0 saturated heterocycles. The van der Waals surface area contributed by atoms with Crippen molar-refractivity contribution in [1.82, 2.24) is 10.6 Å². The topological polar surface area (TPSA) is 37.2 Å². The van der Waals surface area contributed by atoms with Gasteiger partial charge in [-0.1, -0.05) is 23.7 Å². The van der Waals surface area contributed by atoms with Crippen LogP contribution in [0.15, 0.2) is 40.8 Å². The normalized spacial score (nSPS) is 9.81. The van der Waals surface area contributed by atoms with Crippen molar-refractivity contribution < 1.29 is 4.42 Å². The van der Waals surface area contributed by atoms with Crippen LogP contribution >= 0.6 is 36.4 Å². The molecule has 2 N–H and O–H groups in total. The Hall–Kier alpha value is -0.710. The summed E-state index contributed by atoms with van der Waals surface area (Å²) in [4.78, 5) is 0. The molecule has 1 aromatic heterocycles. The molecule has 0 spiro atoms. The fourth-order valence-corrected chi connectivity index (χ4v) is 2.11. The van der Waals surface area contributed by atoms with Crippen molar-refractivity contribution in [2.75, 3.05) is 20.1 Å². The van der Waals surface area contributed by atoms with E-state index >= 15 is 0 Å². The highest BCUT2D eigenvalue weighted by molar-refractivity contribution is 6.33. The predicted molar refractivity (Wildman–Crippen MR) is 93.9 cm³/mol. The molecule has 21 heavy (non-hydrogen) atoms. The number of hydrogen-bond donors (Lipinski definition) is 2. The maximum absolute atomic E-state index is 6.15. The van der Waals surface area contributed by atoms with Crippen molar-refractivity contribution in [2.45, 2.75) is 13.0 Å². The standard InChI is InChI=1S/C15H19ClN2O.2ClH/c1-17-9-4-10-18-11-12-7-8-15(19-12)13-5-2-3-6-14(13)16;;/h2-3,5-8,17-18H,4,9-11H2,1H3;2*1H. The molecule has 0 atom stereocenters. The van der Waals surface area contributed by atoms with Crippen LogP contribution < -0.4 is 10.6 Å². The van der Waals surface area contributed by atoms with E-state index in [2.05, 4.69) is 10.6 Å². The molecular formula is C15H21Cl3N2O. The Morgan fingerprint density at radius 2 is 1.81 bits per heavy atom. The Morgan fingerprint density at radius 3 is 2.52 bits per heavy atom. The molecule has 0 aliphatic heterocycles. The Kier molecular flexibility index (Phi) is 10.6. The molecule has 0 unspecified atom stereocenters. The SMILES string of the molecule is CNCCCNCc1ccc(-c2ccccc2Cl)o1.Cl.Cl. The first-order chi connectivity index (χ1) is 9.31. The van der Waals surface area contributed by atoms with Gasteiger partial charge in [0.2, 0.25) is 0 Å². The Bertz CT molecular complexity index is 517.